The summed E-state index contributed by atoms with van der Waals surface area (Å²) >= 11 is 15.4. The van der Waals surface area contributed by atoms with Crippen molar-refractivity contribution in [2.75, 3.05) is 13.1 Å². The van der Waals surface area contributed by atoms with Crippen LogP contribution in [0, 0.1) is 5.92 Å². The Morgan fingerprint density at radius 2 is 1.76 bits per heavy atom. The molecular weight excluding hydrogens is 499 g/mol. The Morgan fingerprint density at radius 1 is 1.10 bits per heavy atom. The lowest BCUT2D eigenvalue weighted by atomic mass is 9.97. The van der Waals surface area contributed by atoms with E-state index >= 15 is 0 Å². The molecule has 2 aromatic rings. The first kappa shape index (κ1) is 22.6. The Bertz CT molecular complexity index is 976. The molecule has 2 aromatic carbocycles. The van der Waals surface area contributed by atoms with Crippen molar-refractivity contribution in [2.24, 2.45) is 5.92 Å². The van der Waals surface area contributed by atoms with E-state index in [4.69, 9.17) is 23.2 Å². The van der Waals surface area contributed by atoms with E-state index < -0.39 is 10.0 Å². The van der Waals surface area contributed by atoms with E-state index in [9.17, 15) is 13.2 Å². The van der Waals surface area contributed by atoms with E-state index in [1.807, 2.05) is 12.1 Å². The van der Waals surface area contributed by atoms with Crippen LogP contribution in [0.25, 0.3) is 0 Å². The fraction of sp³-hybridized carbons (Fsp3) is 0.350. The maximum Gasteiger partial charge on any atom is 0.223 e. The van der Waals surface area contributed by atoms with Crippen LogP contribution >= 0.6 is 39.1 Å². The third-order valence-electron chi connectivity index (χ3n) is 4.95. The number of benzene rings is 2. The van der Waals surface area contributed by atoms with Crippen LogP contribution in [0.3, 0.4) is 0 Å². The van der Waals surface area contributed by atoms with Gasteiger partial charge in [0.25, 0.3) is 0 Å². The first-order valence-electron chi connectivity index (χ1n) is 9.18. The van der Waals surface area contributed by atoms with Crippen LogP contribution in [0.2, 0.25) is 10.0 Å². The maximum absolute atomic E-state index is 12.7. The molecule has 5 nitrogen and oxygen atoms in total. The Hall–Kier alpha value is -1.12. The van der Waals surface area contributed by atoms with Crippen LogP contribution in [0.15, 0.2) is 46.9 Å². The summed E-state index contributed by atoms with van der Waals surface area (Å²) < 4.78 is 27.7. The molecule has 1 aliphatic heterocycles. The predicted molar refractivity (Wildman–Crippen MR) is 119 cm³/mol. The van der Waals surface area contributed by atoms with E-state index in [1.165, 1.54) is 4.31 Å². The lowest BCUT2D eigenvalue weighted by molar-refractivity contribution is -0.126. The zero-order valence-corrected chi connectivity index (χ0v) is 19.5. The van der Waals surface area contributed by atoms with Crippen LogP contribution in [-0.2, 0) is 27.1 Å². The number of rotatable bonds is 6. The Balaban J connectivity index is 1.51. The molecule has 0 unspecified atom stereocenters. The van der Waals surface area contributed by atoms with Crippen LogP contribution < -0.4 is 5.32 Å². The molecule has 9 heteroatoms. The van der Waals surface area contributed by atoms with Gasteiger partial charge in [0, 0.05) is 40.1 Å². The first-order valence-corrected chi connectivity index (χ1v) is 12.3. The predicted octanol–water partition coefficient (Wildman–Crippen LogP) is 4.61. The summed E-state index contributed by atoms with van der Waals surface area (Å²) in [5.41, 5.74) is 1.53. The third kappa shape index (κ3) is 6.18. The van der Waals surface area contributed by atoms with Gasteiger partial charge >= 0.3 is 0 Å². The third-order valence-corrected chi connectivity index (χ3v) is 7.91. The second-order valence-electron chi connectivity index (χ2n) is 7.01. The highest BCUT2D eigenvalue weighted by Gasteiger charge is 2.31. The van der Waals surface area contributed by atoms with Crippen molar-refractivity contribution in [3.8, 4) is 0 Å². The number of halogens is 3. The largest absolute Gasteiger partial charge is 0.352 e. The molecule has 3 rings (SSSR count). The van der Waals surface area contributed by atoms with Crippen molar-refractivity contribution >= 4 is 55.1 Å². The van der Waals surface area contributed by atoms with Crippen molar-refractivity contribution in [3.05, 3.63) is 68.1 Å². The smallest absolute Gasteiger partial charge is 0.223 e. The number of carbonyl (C=O) groups excluding carboxylic acids is 1. The number of carbonyl (C=O) groups is 1. The summed E-state index contributed by atoms with van der Waals surface area (Å²) in [5.74, 6) is -0.326. The standard InChI is InChI=1S/C20H21BrCl2N2O3S/c21-17-4-1-14(2-5-17)13-29(27,28)25-9-7-15(8-10-25)20(26)24-12-16-3-6-18(22)11-19(16)23/h1-6,11,15H,7-10,12-13H2,(H,24,26). The second-order valence-corrected chi connectivity index (χ2v) is 10.7. The topological polar surface area (TPSA) is 66.5 Å². The average Bonchev–Trinajstić information content (AvgIpc) is 2.69. The van der Waals surface area contributed by atoms with Gasteiger partial charge in [-0.3, -0.25) is 4.79 Å². The Morgan fingerprint density at radius 3 is 2.38 bits per heavy atom. The van der Waals surface area contributed by atoms with Crippen molar-refractivity contribution in [3.63, 3.8) is 0 Å². The molecule has 1 saturated heterocycles. The summed E-state index contributed by atoms with van der Waals surface area (Å²) in [6.45, 7) is 1.01. The summed E-state index contributed by atoms with van der Waals surface area (Å²) in [4.78, 5) is 12.5. The summed E-state index contributed by atoms with van der Waals surface area (Å²) in [6.07, 6.45) is 1.000. The van der Waals surface area contributed by atoms with Gasteiger partial charge in [0.05, 0.1) is 5.75 Å². The van der Waals surface area contributed by atoms with Gasteiger partial charge in [-0.1, -0.05) is 57.3 Å². The molecule has 1 amide bonds. The van der Waals surface area contributed by atoms with E-state index in [-0.39, 0.29) is 17.6 Å². The van der Waals surface area contributed by atoms with Crippen LogP contribution in [0.1, 0.15) is 24.0 Å². The van der Waals surface area contributed by atoms with Gasteiger partial charge in [0.15, 0.2) is 0 Å². The highest BCUT2D eigenvalue weighted by Crippen LogP contribution is 2.24. The zero-order chi connectivity index (χ0) is 21.0. The highest BCUT2D eigenvalue weighted by molar-refractivity contribution is 9.10. The number of nitrogens with one attached hydrogen (secondary N) is 1. The van der Waals surface area contributed by atoms with Gasteiger partial charge in [-0.2, -0.15) is 0 Å². The van der Waals surface area contributed by atoms with Crippen molar-refractivity contribution < 1.29 is 13.2 Å². The number of amides is 1. The molecule has 156 valence electrons. The first-order chi connectivity index (χ1) is 13.7. The summed E-state index contributed by atoms with van der Waals surface area (Å²) in [6, 6.07) is 12.4. The van der Waals surface area contributed by atoms with E-state index in [0.29, 0.717) is 42.5 Å². The van der Waals surface area contributed by atoms with Crippen molar-refractivity contribution in [2.45, 2.75) is 25.1 Å². The number of hydrogen-bond donors (Lipinski definition) is 1. The van der Waals surface area contributed by atoms with Gasteiger partial charge in [-0.15, -0.1) is 0 Å². The molecular formula is C20H21BrCl2N2O3S. The van der Waals surface area contributed by atoms with Crippen molar-refractivity contribution in [1.29, 1.82) is 0 Å². The average molecular weight is 520 g/mol. The van der Waals surface area contributed by atoms with Gasteiger partial charge in [0.1, 0.15) is 0 Å². The Labute approximate surface area is 189 Å². The van der Waals surface area contributed by atoms with Gasteiger partial charge in [-0.05, 0) is 48.2 Å². The summed E-state index contributed by atoms with van der Waals surface area (Å²) in [5, 5.41) is 3.94. The molecule has 1 fully saturated rings. The molecule has 29 heavy (non-hydrogen) atoms. The SMILES string of the molecule is O=C(NCc1ccc(Cl)cc1Cl)C1CCN(S(=O)(=O)Cc2ccc(Br)cc2)CC1. The number of piperidine rings is 1. The summed E-state index contributed by atoms with van der Waals surface area (Å²) in [7, 11) is -3.41. The fourth-order valence-corrected chi connectivity index (χ4v) is 5.57. The lowest BCUT2D eigenvalue weighted by Gasteiger charge is -2.30. The molecule has 1 N–H and O–H groups in total. The Kier molecular flexibility index (Phi) is 7.62. The molecule has 0 aromatic heterocycles. The van der Waals surface area contributed by atoms with Crippen LogP contribution in [-0.4, -0.2) is 31.7 Å². The van der Waals surface area contributed by atoms with Gasteiger partial charge < -0.3 is 5.32 Å². The number of sulfonamides is 1. The van der Waals surface area contributed by atoms with E-state index in [0.717, 1.165) is 15.6 Å². The minimum atomic E-state index is -3.41. The number of hydrogen-bond acceptors (Lipinski definition) is 3. The molecule has 1 aliphatic rings. The molecule has 0 atom stereocenters. The monoisotopic (exact) mass is 518 g/mol. The highest BCUT2D eigenvalue weighted by atomic mass is 79.9. The second kappa shape index (κ2) is 9.79. The van der Waals surface area contributed by atoms with Crippen molar-refractivity contribution in [1.82, 2.24) is 9.62 Å². The minimum Gasteiger partial charge on any atom is -0.352 e. The van der Waals surface area contributed by atoms with E-state index in [1.54, 1.807) is 30.3 Å². The van der Waals surface area contributed by atoms with Gasteiger partial charge in [-0.25, -0.2) is 12.7 Å². The zero-order valence-electron chi connectivity index (χ0n) is 15.6. The lowest BCUT2D eigenvalue weighted by Crippen LogP contribution is -2.43. The van der Waals surface area contributed by atoms with E-state index in [2.05, 4.69) is 21.2 Å². The van der Waals surface area contributed by atoms with Crippen LogP contribution in [0.5, 0.6) is 0 Å². The molecule has 0 aliphatic carbocycles. The maximum atomic E-state index is 12.7. The van der Waals surface area contributed by atoms with Crippen LogP contribution in [0.4, 0.5) is 0 Å². The molecule has 1 heterocycles. The molecule has 0 saturated carbocycles. The minimum absolute atomic E-state index is 0.0355. The quantitative estimate of drug-likeness (QED) is 0.605. The normalized spacial score (nSPS) is 16.0. The fourth-order valence-electron chi connectivity index (χ4n) is 3.27. The molecule has 0 spiro atoms. The molecule has 0 radical (unpaired) electrons. The van der Waals surface area contributed by atoms with Gasteiger partial charge in [0.2, 0.25) is 15.9 Å². The number of nitrogens with zero attached hydrogens (tertiary/aromatic N) is 1. The molecule has 0 bridgehead atoms.